The number of carbonyl (C=O) groups excluding carboxylic acids is 1. The zero-order valence-electron chi connectivity index (χ0n) is 9.19. The summed E-state index contributed by atoms with van der Waals surface area (Å²) >= 11 is 0. The second kappa shape index (κ2) is 5.51. The topological polar surface area (TPSA) is 52.3 Å². The Morgan fingerprint density at radius 1 is 1.53 bits per heavy atom. The molecule has 1 unspecified atom stereocenters. The van der Waals surface area contributed by atoms with E-state index in [2.05, 4.69) is 0 Å². The zero-order valence-corrected chi connectivity index (χ0v) is 9.19. The number of ether oxygens (including phenoxy) is 1. The number of carbonyl (C=O) groups is 1. The number of methoxy groups -OCH3 is 1. The monoisotopic (exact) mass is 207 g/mol. The third-order valence-electron chi connectivity index (χ3n) is 2.29. The van der Waals surface area contributed by atoms with Crippen molar-refractivity contribution in [3.8, 4) is 5.75 Å². The Labute approximate surface area is 90.2 Å². The molecule has 0 aliphatic rings. The summed E-state index contributed by atoms with van der Waals surface area (Å²) in [5.41, 5.74) is 6.38. The van der Waals surface area contributed by atoms with Gasteiger partial charge in [0.05, 0.1) is 13.2 Å². The fourth-order valence-corrected chi connectivity index (χ4v) is 1.43. The van der Waals surface area contributed by atoms with Gasteiger partial charge in [0.1, 0.15) is 5.75 Å². The minimum atomic E-state index is -0.401. The Morgan fingerprint density at radius 3 is 2.87 bits per heavy atom. The third kappa shape index (κ3) is 3.06. The van der Waals surface area contributed by atoms with E-state index in [1.54, 1.807) is 25.3 Å². The van der Waals surface area contributed by atoms with Gasteiger partial charge >= 0.3 is 0 Å². The molecule has 15 heavy (non-hydrogen) atoms. The van der Waals surface area contributed by atoms with Gasteiger partial charge in [-0.05, 0) is 18.6 Å². The SMILES string of the molecule is CCCC(N)C(=O)c1cccc(OC)c1. The minimum Gasteiger partial charge on any atom is -0.497 e. The molecule has 0 saturated carbocycles. The molecule has 0 heterocycles. The maximum Gasteiger partial charge on any atom is 0.179 e. The number of hydrogen-bond acceptors (Lipinski definition) is 3. The van der Waals surface area contributed by atoms with Crippen molar-refractivity contribution in [1.82, 2.24) is 0 Å². The highest BCUT2D eigenvalue weighted by atomic mass is 16.5. The van der Waals surface area contributed by atoms with Crippen LogP contribution in [0.1, 0.15) is 30.1 Å². The van der Waals surface area contributed by atoms with E-state index in [9.17, 15) is 4.79 Å². The molecule has 0 fully saturated rings. The maximum atomic E-state index is 11.8. The Balaban J connectivity index is 2.81. The first-order valence-corrected chi connectivity index (χ1v) is 5.13. The van der Waals surface area contributed by atoms with Gasteiger partial charge in [-0.2, -0.15) is 0 Å². The van der Waals surface area contributed by atoms with E-state index < -0.39 is 6.04 Å². The Bertz CT molecular complexity index is 336. The summed E-state index contributed by atoms with van der Waals surface area (Å²) in [6.45, 7) is 2.01. The molecule has 2 N–H and O–H groups in total. The van der Waals surface area contributed by atoms with Gasteiger partial charge in [0.15, 0.2) is 5.78 Å². The number of ketones is 1. The first kappa shape index (κ1) is 11.7. The van der Waals surface area contributed by atoms with Gasteiger partial charge in [0, 0.05) is 5.56 Å². The molecular weight excluding hydrogens is 190 g/mol. The zero-order chi connectivity index (χ0) is 11.3. The lowest BCUT2D eigenvalue weighted by Crippen LogP contribution is -2.30. The van der Waals surface area contributed by atoms with E-state index in [1.807, 2.05) is 13.0 Å². The fourth-order valence-electron chi connectivity index (χ4n) is 1.43. The lowest BCUT2D eigenvalue weighted by molar-refractivity contribution is 0.0956. The molecule has 0 saturated heterocycles. The largest absolute Gasteiger partial charge is 0.497 e. The maximum absolute atomic E-state index is 11.8. The van der Waals surface area contributed by atoms with Gasteiger partial charge in [-0.3, -0.25) is 4.79 Å². The lowest BCUT2D eigenvalue weighted by atomic mass is 10.0. The van der Waals surface area contributed by atoms with Crippen LogP contribution in [0.25, 0.3) is 0 Å². The second-order valence-electron chi connectivity index (χ2n) is 3.49. The van der Waals surface area contributed by atoms with Crippen LogP contribution in [0.2, 0.25) is 0 Å². The van der Waals surface area contributed by atoms with Crippen molar-refractivity contribution in [3.63, 3.8) is 0 Å². The van der Waals surface area contributed by atoms with Crippen LogP contribution in [0.15, 0.2) is 24.3 Å². The van der Waals surface area contributed by atoms with Crippen molar-refractivity contribution < 1.29 is 9.53 Å². The van der Waals surface area contributed by atoms with Gasteiger partial charge in [0.25, 0.3) is 0 Å². The van der Waals surface area contributed by atoms with Crippen molar-refractivity contribution >= 4 is 5.78 Å². The van der Waals surface area contributed by atoms with Gasteiger partial charge in [-0.25, -0.2) is 0 Å². The molecule has 0 bridgehead atoms. The van der Waals surface area contributed by atoms with Gasteiger partial charge < -0.3 is 10.5 Å². The van der Waals surface area contributed by atoms with Crippen LogP contribution in [0, 0.1) is 0 Å². The number of benzene rings is 1. The van der Waals surface area contributed by atoms with Gasteiger partial charge in [-0.15, -0.1) is 0 Å². The lowest BCUT2D eigenvalue weighted by Gasteiger charge is -2.09. The van der Waals surface area contributed by atoms with Crippen molar-refractivity contribution in [2.45, 2.75) is 25.8 Å². The third-order valence-corrected chi connectivity index (χ3v) is 2.29. The molecule has 1 aromatic rings. The average molecular weight is 207 g/mol. The molecule has 0 amide bonds. The summed E-state index contributed by atoms with van der Waals surface area (Å²) in [7, 11) is 1.58. The summed E-state index contributed by atoms with van der Waals surface area (Å²) in [6, 6.07) is 6.69. The predicted molar refractivity (Wildman–Crippen MR) is 60.2 cm³/mol. The summed E-state index contributed by atoms with van der Waals surface area (Å²) in [4.78, 5) is 11.8. The molecule has 1 aromatic carbocycles. The van der Waals surface area contributed by atoms with Crippen molar-refractivity contribution in [2.24, 2.45) is 5.73 Å². The molecule has 0 radical (unpaired) electrons. The first-order valence-electron chi connectivity index (χ1n) is 5.13. The molecule has 0 spiro atoms. The van der Waals surface area contributed by atoms with Crippen LogP contribution < -0.4 is 10.5 Å². The molecule has 0 aliphatic carbocycles. The van der Waals surface area contributed by atoms with Crippen LogP contribution in [0.5, 0.6) is 5.75 Å². The minimum absolute atomic E-state index is 0.0178. The van der Waals surface area contributed by atoms with E-state index in [1.165, 1.54) is 0 Å². The molecule has 82 valence electrons. The summed E-state index contributed by atoms with van der Waals surface area (Å²) < 4.78 is 5.05. The Morgan fingerprint density at radius 2 is 2.27 bits per heavy atom. The fraction of sp³-hybridized carbons (Fsp3) is 0.417. The van der Waals surface area contributed by atoms with E-state index in [0.717, 1.165) is 12.8 Å². The highest BCUT2D eigenvalue weighted by Gasteiger charge is 2.14. The normalized spacial score (nSPS) is 12.2. The summed E-state index contributed by atoms with van der Waals surface area (Å²) in [6.07, 6.45) is 1.63. The predicted octanol–water partition coefficient (Wildman–Crippen LogP) is 2.01. The highest BCUT2D eigenvalue weighted by molar-refractivity contribution is 6.00. The molecule has 3 heteroatoms. The molecule has 1 atom stereocenters. The van der Waals surface area contributed by atoms with Gasteiger partial charge in [-0.1, -0.05) is 25.5 Å². The van der Waals surface area contributed by atoms with E-state index in [4.69, 9.17) is 10.5 Å². The number of rotatable bonds is 5. The Hall–Kier alpha value is -1.35. The van der Waals surface area contributed by atoms with Crippen LogP contribution in [0.3, 0.4) is 0 Å². The van der Waals surface area contributed by atoms with Crippen molar-refractivity contribution in [3.05, 3.63) is 29.8 Å². The van der Waals surface area contributed by atoms with Gasteiger partial charge in [0.2, 0.25) is 0 Å². The molecule has 1 rings (SSSR count). The smallest absolute Gasteiger partial charge is 0.179 e. The van der Waals surface area contributed by atoms with E-state index in [0.29, 0.717) is 11.3 Å². The van der Waals surface area contributed by atoms with Crippen LogP contribution in [-0.4, -0.2) is 18.9 Å². The van der Waals surface area contributed by atoms with E-state index in [-0.39, 0.29) is 5.78 Å². The molecule has 0 aromatic heterocycles. The van der Waals surface area contributed by atoms with Crippen LogP contribution >= 0.6 is 0 Å². The number of Topliss-reactive ketones (excluding diaryl/α,β-unsaturated/α-hetero) is 1. The number of nitrogens with two attached hydrogens (primary N) is 1. The summed E-state index contributed by atoms with van der Waals surface area (Å²) in [5.74, 6) is 0.667. The highest BCUT2D eigenvalue weighted by Crippen LogP contribution is 2.14. The van der Waals surface area contributed by atoms with Crippen molar-refractivity contribution in [1.29, 1.82) is 0 Å². The van der Waals surface area contributed by atoms with Crippen LogP contribution in [-0.2, 0) is 0 Å². The first-order chi connectivity index (χ1) is 7.19. The van der Waals surface area contributed by atoms with E-state index >= 15 is 0 Å². The standard InChI is InChI=1S/C12H17NO2/c1-3-5-11(13)12(14)9-6-4-7-10(8-9)15-2/h4,6-8,11H,3,5,13H2,1-2H3. The Kier molecular flexibility index (Phi) is 4.31. The van der Waals surface area contributed by atoms with Crippen LogP contribution in [0.4, 0.5) is 0 Å². The average Bonchev–Trinajstić information content (AvgIpc) is 2.28. The molecule has 3 nitrogen and oxygen atoms in total. The second-order valence-corrected chi connectivity index (χ2v) is 3.49. The summed E-state index contributed by atoms with van der Waals surface area (Å²) in [5, 5.41) is 0. The number of hydrogen-bond donors (Lipinski definition) is 1. The quantitative estimate of drug-likeness (QED) is 0.751. The van der Waals surface area contributed by atoms with Crippen molar-refractivity contribution in [2.75, 3.05) is 7.11 Å². The molecule has 0 aliphatic heterocycles. The molecular formula is C12H17NO2.